The van der Waals surface area contributed by atoms with Crippen molar-refractivity contribution < 1.29 is 4.79 Å². The molecular formula is C13H18BrN3O. The van der Waals surface area contributed by atoms with Crippen molar-refractivity contribution in [2.45, 2.75) is 13.3 Å². The van der Waals surface area contributed by atoms with Crippen molar-refractivity contribution >= 4 is 33.2 Å². The molecule has 1 aliphatic heterocycles. The van der Waals surface area contributed by atoms with Crippen molar-refractivity contribution in [3.05, 3.63) is 22.7 Å². The Balaban J connectivity index is 2.20. The van der Waals surface area contributed by atoms with Crippen LogP contribution >= 0.6 is 15.9 Å². The fourth-order valence-electron chi connectivity index (χ4n) is 2.43. The van der Waals surface area contributed by atoms with Crippen LogP contribution < -0.4 is 16.0 Å². The Morgan fingerprint density at radius 2 is 2.28 bits per heavy atom. The van der Waals surface area contributed by atoms with Gasteiger partial charge in [0.2, 0.25) is 5.91 Å². The second kappa shape index (κ2) is 4.80. The maximum Gasteiger partial charge on any atom is 0.227 e. The summed E-state index contributed by atoms with van der Waals surface area (Å²) in [5, 5.41) is 2.75. The van der Waals surface area contributed by atoms with Crippen LogP contribution in [-0.4, -0.2) is 26.0 Å². The minimum atomic E-state index is -0.310. The van der Waals surface area contributed by atoms with Gasteiger partial charge in [0.1, 0.15) is 0 Å². The Hall–Kier alpha value is -1.23. The SMILES string of the molecule is CNC(=O)C1(C)CCN(c2ccc(N)cc2Br)C1. The minimum absolute atomic E-state index is 0.108. The van der Waals surface area contributed by atoms with E-state index in [1.165, 1.54) is 0 Å². The fourth-order valence-corrected chi connectivity index (χ4v) is 3.08. The number of amides is 1. The third kappa shape index (κ3) is 2.32. The third-order valence-corrected chi connectivity index (χ3v) is 4.20. The molecule has 2 rings (SSSR count). The lowest BCUT2D eigenvalue weighted by atomic mass is 9.89. The third-order valence-electron chi connectivity index (χ3n) is 3.56. The van der Waals surface area contributed by atoms with Crippen molar-refractivity contribution in [1.29, 1.82) is 0 Å². The quantitative estimate of drug-likeness (QED) is 0.821. The lowest BCUT2D eigenvalue weighted by Crippen LogP contribution is -2.39. The van der Waals surface area contributed by atoms with Crippen LogP contribution in [0.2, 0.25) is 0 Å². The summed E-state index contributed by atoms with van der Waals surface area (Å²) in [5.41, 5.74) is 7.26. The largest absolute Gasteiger partial charge is 0.399 e. The molecule has 3 N–H and O–H groups in total. The Morgan fingerprint density at radius 1 is 1.56 bits per heavy atom. The van der Waals surface area contributed by atoms with Gasteiger partial charge in [-0.2, -0.15) is 0 Å². The zero-order valence-electron chi connectivity index (χ0n) is 10.7. The van der Waals surface area contributed by atoms with Gasteiger partial charge in [-0.1, -0.05) is 0 Å². The lowest BCUT2D eigenvalue weighted by molar-refractivity contribution is -0.128. The van der Waals surface area contributed by atoms with E-state index in [1.807, 2.05) is 25.1 Å². The molecule has 1 aliphatic rings. The first kappa shape index (κ1) is 13.2. The van der Waals surface area contributed by atoms with Gasteiger partial charge in [-0.25, -0.2) is 0 Å². The highest BCUT2D eigenvalue weighted by Gasteiger charge is 2.40. The first-order valence-electron chi connectivity index (χ1n) is 5.98. The lowest BCUT2D eigenvalue weighted by Gasteiger charge is -2.24. The van der Waals surface area contributed by atoms with Crippen molar-refractivity contribution in [3.63, 3.8) is 0 Å². The molecule has 1 saturated heterocycles. The highest BCUT2D eigenvalue weighted by atomic mass is 79.9. The van der Waals surface area contributed by atoms with E-state index >= 15 is 0 Å². The number of nitrogens with zero attached hydrogens (tertiary/aromatic N) is 1. The van der Waals surface area contributed by atoms with Gasteiger partial charge >= 0.3 is 0 Å². The molecule has 1 heterocycles. The van der Waals surface area contributed by atoms with Crippen molar-refractivity contribution in [1.82, 2.24) is 5.32 Å². The molecule has 0 spiro atoms. The summed E-state index contributed by atoms with van der Waals surface area (Å²) >= 11 is 3.53. The van der Waals surface area contributed by atoms with Gasteiger partial charge in [-0.3, -0.25) is 4.79 Å². The second-order valence-electron chi connectivity index (χ2n) is 5.02. The highest BCUT2D eigenvalue weighted by Crippen LogP contribution is 2.37. The molecule has 98 valence electrons. The van der Waals surface area contributed by atoms with Gasteiger partial charge in [-0.15, -0.1) is 0 Å². The van der Waals surface area contributed by atoms with Crippen molar-refractivity contribution in [3.8, 4) is 0 Å². The number of nitrogens with one attached hydrogen (secondary N) is 1. The number of rotatable bonds is 2. The molecule has 4 nitrogen and oxygen atoms in total. The van der Waals surface area contributed by atoms with E-state index in [2.05, 4.69) is 26.1 Å². The molecule has 1 atom stereocenters. The molecule has 1 unspecified atom stereocenters. The average Bonchev–Trinajstić information content (AvgIpc) is 2.72. The first-order chi connectivity index (χ1) is 8.46. The molecule has 0 aromatic heterocycles. The smallest absolute Gasteiger partial charge is 0.227 e. The van der Waals surface area contributed by atoms with Crippen LogP contribution in [0, 0.1) is 5.41 Å². The van der Waals surface area contributed by atoms with Gasteiger partial charge in [0.15, 0.2) is 0 Å². The zero-order chi connectivity index (χ0) is 13.3. The number of halogens is 1. The second-order valence-corrected chi connectivity index (χ2v) is 5.88. The van der Waals surface area contributed by atoms with Gasteiger partial charge in [0.25, 0.3) is 0 Å². The predicted molar refractivity (Wildman–Crippen MR) is 77.6 cm³/mol. The molecule has 1 aromatic rings. The van der Waals surface area contributed by atoms with E-state index in [4.69, 9.17) is 5.73 Å². The predicted octanol–water partition coefficient (Wildman–Crippen LogP) is 1.99. The van der Waals surface area contributed by atoms with Crippen LogP contribution in [0.25, 0.3) is 0 Å². The summed E-state index contributed by atoms with van der Waals surface area (Å²) in [7, 11) is 1.69. The number of hydrogen-bond acceptors (Lipinski definition) is 3. The van der Waals surface area contributed by atoms with Gasteiger partial charge < -0.3 is 16.0 Å². The molecule has 0 saturated carbocycles. The van der Waals surface area contributed by atoms with Crippen LogP contribution in [0.3, 0.4) is 0 Å². The Kier molecular flexibility index (Phi) is 3.52. The summed E-state index contributed by atoms with van der Waals surface area (Å²) in [6.07, 6.45) is 0.865. The number of nitrogen functional groups attached to an aromatic ring is 1. The van der Waals surface area contributed by atoms with Gasteiger partial charge in [0.05, 0.1) is 11.1 Å². The maximum absolute atomic E-state index is 11.9. The molecule has 18 heavy (non-hydrogen) atoms. The number of hydrogen-bond donors (Lipinski definition) is 2. The Bertz CT molecular complexity index is 477. The number of benzene rings is 1. The molecule has 1 amide bonds. The molecule has 0 radical (unpaired) electrons. The van der Waals surface area contributed by atoms with Gasteiger partial charge in [0, 0.05) is 30.3 Å². The molecule has 0 aliphatic carbocycles. The Labute approximate surface area is 116 Å². The Morgan fingerprint density at radius 3 is 2.89 bits per heavy atom. The van der Waals surface area contributed by atoms with Crippen molar-refractivity contribution in [2.75, 3.05) is 30.8 Å². The normalized spacial score (nSPS) is 23.2. The number of anilines is 2. The monoisotopic (exact) mass is 311 g/mol. The summed E-state index contributed by atoms with van der Waals surface area (Å²) < 4.78 is 0.976. The van der Waals surface area contributed by atoms with Crippen molar-refractivity contribution in [2.24, 2.45) is 5.41 Å². The standard InChI is InChI=1S/C13H18BrN3O/c1-13(12(18)16-2)5-6-17(8-13)11-4-3-9(15)7-10(11)14/h3-4,7H,5-6,8,15H2,1-2H3,(H,16,18). The van der Waals surface area contributed by atoms with Gasteiger partial charge in [-0.05, 0) is 47.5 Å². The van der Waals surface area contributed by atoms with Crippen LogP contribution in [0.15, 0.2) is 22.7 Å². The summed E-state index contributed by atoms with van der Waals surface area (Å²) in [6, 6.07) is 5.77. The number of nitrogens with two attached hydrogens (primary N) is 1. The van der Waals surface area contributed by atoms with Crippen LogP contribution in [0.5, 0.6) is 0 Å². The van der Waals surface area contributed by atoms with Crippen LogP contribution in [0.4, 0.5) is 11.4 Å². The summed E-state index contributed by atoms with van der Waals surface area (Å²) in [6.45, 7) is 3.62. The van der Waals surface area contributed by atoms with E-state index in [1.54, 1.807) is 7.05 Å². The molecule has 1 fully saturated rings. The van der Waals surface area contributed by atoms with E-state index in [0.29, 0.717) is 0 Å². The zero-order valence-corrected chi connectivity index (χ0v) is 12.3. The number of carbonyl (C=O) groups is 1. The molecule has 0 bridgehead atoms. The number of carbonyl (C=O) groups excluding carboxylic acids is 1. The molecule has 5 heteroatoms. The van der Waals surface area contributed by atoms with Crippen LogP contribution in [-0.2, 0) is 4.79 Å². The first-order valence-corrected chi connectivity index (χ1v) is 6.78. The topological polar surface area (TPSA) is 58.4 Å². The molecule has 1 aromatic carbocycles. The summed E-state index contributed by atoms with van der Waals surface area (Å²) in [4.78, 5) is 14.1. The minimum Gasteiger partial charge on any atom is -0.399 e. The van der Waals surface area contributed by atoms with E-state index in [-0.39, 0.29) is 11.3 Å². The highest BCUT2D eigenvalue weighted by molar-refractivity contribution is 9.10. The molecular weight excluding hydrogens is 294 g/mol. The maximum atomic E-state index is 11.9. The van der Waals surface area contributed by atoms with E-state index < -0.39 is 0 Å². The van der Waals surface area contributed by atoms with Crippen LogP contribution in [0.1, 0.15) is 13.3 Å². The average molecular weight is 312 g/mol. The summed E-state index contributed by atoms with van der Waals surface area (Å²) in [5.74, 6) is 0.108. The fraction of sp³-hybridized carbons (Fsp3) is 0.462. The van der Waals surface area contributed by atoms with E-state index in [9.17, 15) is 4.79 Å². The van der Waals surface area contributed by atoms with E-state index in [0.717, 1.165) is 35.4 Å².